The molecule has 2 aliphatic heterocycles. The topological polar surface area (TPSA) is 81.2 Å². The molecule has 2 bridgehead atoms. The number of rotatable bonds is 5. The molecule has 7 nitrogen and oxygen atoms in total. The lowest BCUT2D eigenvalue weighted by Crippen LogP contribution is -2.67. The van der Waals surface area contributed by atoms with Crippen molar-refractivity contribution in [2.45, 2.75) is 48.6 Å². The Kier molecular flexibility index (Phi) is 6.81. The number of nitrogens with zero attached hydrogens (tertiary/aromatic N) is 3. The van der Waals surface area contributed by atoms with Crippen molar-refractivity contribution in [2.75, 3.05) is 17.2 Å². The Hall–Kier alpha value is -3.78. The van der Waals surface area contributed by atoms with E-state index in [0.717, 1.165) is 31.2 Å². The summed E-state index contributed by atoms with van der Waals surface area (Å²) >= 11 is 1.47. The van der Waals surface area contributed by atoms with Crippen molar-refractivity contribution in [3.8, 4) is 0 Å². The number of benzene rings is 3. The summed E-state index contributed by atoms with van der Waals surface area (Å²) in [7, 11) is 0. The lowest BCUT2D eigenvalue weighted by Gasteiger charge is -2.48. The highest BCUT2D eigenvalue weighted by Crippen LogP contribution is 2.47. The number of carbonyl (C=O) groups excluding carboxylic acids is 2. The number of carboxylic acids is 1. The van der Waals surface area contributed by atoms with Crippen LogP contribution < -0.4 is 4.90 Å². The van der Waals surface area contributed by atoms with Crippen LogP contribution in [0.25, 0.3) is 0 Å². The molecular formula is C31H31N3O4S. The first-order chi connectivity index (χ1) is 19.0. The van der Waals surface area contributed by atoms with Gasteiger partial charge in [0.2, 0.25) is 5.91 Å². The van der Waals surface area contributed by atoms with Gasteiger partial charge >= 0.3 is 12.0 Å². The van der Waals surface area contributed by atoms with Crippen LogP contribution >= 0.6 is 11.8 Å². The highest BCUT2D eigenvalue weighted by Gasteiger charge is 2.58. The summed E-state index contributed by atoms with van der Waals surface area (Å²) in [6.07, 6.45) is 3.44. The summed E-state index contributed by atoms with van der Waals surface area (Å²) in [5.41, 5.74) is 1.68. The molecule has 3 atom stereocenters. The second kappa shape index (κ2) is 10.4. The molecule has 2 heterocycles. The van der Waals surface area contributed by atoms with E-state index in [9.17, 15) is 19.5 Å². The Balaban J connectivity index is 1.36. The minimum Gasteiger partial charge on any atom is -0.480 e. The van der Waals surface area contributed by atoms with Gasteiger partial charge in [-0.3, -0.25) is 9.69 Å². The van der Waals surface area contributed by atoms with Crippen LogP contribution in [0.1, 0.15) is 31.2 Å². The molecule has 0 unspecified atom stereocenters. The lowest BCUT2D eigenvalue weighted by atomic mass is 9.77. The summed E-state index contributed by atoms with van der Waals surface area (Å²) in [5.74, 6) is -0.487. The Morgan fingerprint density at radius 2 is 1.36 bits per heavy atom. The van der Waals surface area contributed by atoms with Crippen LogP contribution in [0.15, 0.2) is 91.0 Å². The Morgan fingerprint density at radius 3 is 1.90 bits per heavy atom. The van der Waals surface area contributed by atoms with Crippen molar-refractivity contribution in [3.05, 3.63) is 96.6 Å². The van der Waals surface area contributed by atoms with E-state index in [-0.39, 0.29) is 18.5 Å². The maximum absolute atomic E-state index is 14.4. The summed E-state index contributed by atoms with van der Waals surface area (Å²) in [4.78, 5) is 46.3. The zero-order valence-corrected chi connectivity index (χ0v) is 22.4. The van der Waals surface area contributed by atoms with Crippen molar-refractivity contribution < 1.29 is 19.5 Å². The van der Waals surface area contributed by atoms with Gasteiger partial charge in [-0.15, -0.1) is 11.8 Å². The average molecular weight is 542 g/mol. The molecule has 3 aromatic rings. The zero-order valence-electron chi connectivity index (χ0n) is 21.6. The third kappa shape index (κ3) is 4.36. The minimum atomic E-state index is -1.16. The number of amides is 3. The molecule has 0 radical (unpaired) electrons. The van der Waals surface area contributed by atoms with E-state index in [1.807, 2.05) is 95.9 Å². The molecule has 1 aliphatic carbocycles. The summed E-state index contributed by atoms with van der Waals surface area (Å²) in [6.45, 7) is 0.173. The van der Waals surface area contributed by atoms with Gasteiger partial charge in [0.15, 0.2) is 6.04 Å². The second-order valence-electron chi connectivity index (χ2n) is 10.5. The van der Waals surface area contributed by atoms with Crippen LogP contribution in [0.5, 0.6) is 0 Å². The van der Waals surface area contributed by atoms with Gasteiger partial charge in [0.1, 0.15) is 5.37 Å². The quantitative estimate of drug-likeness (QED) is 0.462. The van der Waals surface area contributed by atoms with Crippen molar-refractivity contribution in [1.29, 1.82) is 0 Å². The maximum Gasteiger partial charge on any atom is 0.330 e. The number of para-hydroxylation sites is 2. The zero-order chi connectivity index (χ0) is 27.0. The highest BCUT2D eigenvalue weighted by molar-refractivity contribution is 8.00. The van der Waals surface area contributed by atoms with Crippen LogP contribution in [0.2, 0.25) is 0 Å². The van der Waals surface area contributed by atoms with E-state index in [1.54, 1.807) is 4.90 Å². The van der Waals surface area contributed by atoms with Gasteiger partial charge < -0.3 is 14.9 Å². The van der Waals surface area contributed by atoms with Crippen LogP contribution in [-0.4, -0.2) is 62.6 Å². The first-order valence-corrected chi connectivity index (χ1v) is 14.5. The van der Waals surface area contributed by atoms with E-state index in [2.05, 4.69) is 0 Å². The first kappa shape index (κ1) is 25.5. The predicted molar refractivity (Wildman–Crippen MR) is 152 cm³/mol. The number of piperazine rings is 1. The number of urea groups is 1. The normalized spacial score (nSPS) is 23.4. The molecule has 39 heavy (non-hydrogen) atoms. The molecule has 0 spiro atoms. The van der Waals surface area contributed by atoms with Gasteiger partial charge in [-0.1, -0.05) is 79.6 Å². The number of anilines is 2. The van der Waals surface area contributed by atoms with Crippen molar-refractivity contribution in [2.24, 2.45) is 0 Å². The fourth-order valence-corrected chi connectivity index (χ4v) is 8.01. The third-order valence-electron chi connectivity index (χ3n) is 8.29. The Bertz CT molecular complexity index is 1310. The average Bonchev–Trinajstić information content (AvgIpc) is 3.58. The van der Waals surface area contributed by atoms with E-state index < -0.39 is 28.8 Å². The first-order valence-electron chi connectivity index (χ1n) is 13.4. The summed E-state index contributed by atoms with van der Waals surface area (Å²) in [5, 5.41) is 9.84. The standard InChI is InChI=1S/C31H31N3O4S/c35-28(36)26-27-34(29(37)31(18-10-11-19-31)22-12-4-1-5-13-22)25(21-39-27)20-32(26)30(38)33(23-14-6-2-7-15-23)24-16-8-3-9-17-24/h1-9,12-17,25-27H,10-11,18-21H2,(H,35,36)/t25-,26+,27-/m1/s1. The molecule has 1 saturated carbocycles. The molecule has 8 heteroatoms. The van der Waals surface area contributed by atoms with E-state index >= 15 is 0 Å². The van der Waals surface area contributed by atoms with E-state index in [4.69, 9.17) is 0 Å². The minimum absolute atomic E-state index is 0.00697. The van der Waals surface area contributed by atoms with Crippen molar-refractivity contribution in [1.82, 2.24) is 9.80 Å². The molecule has 200 valence electrons. The second-order valence-corrected chi connectivity index (χ2v) is 11.6. The number of aliphatic carboxylic acids is 1. The highest BCUT2D eigenvalue weighted by atomic mass is 32.2. The molecular weight excluding hydrogens is 510 g/mol. The van der Waals surface area contributed by atoms with Crippen molar-refractivity contribution in [3.63, 3.8) is 0 Å². The number of fused-ring (bicyclic) bond motifs is 2. The Morgan fingerprint density at radius 1 is 0.821 bits per heavy atom. The fourth-order valence-electron chi connectivity index (χ4n) is 6.45. The Labute approximate surface area is 232 Å². The van der Waals surface area contributed by atoms with Gasteiger partial charge in [0.25, 0.3) is 0 Å². The summed E-state index contributed by atoms with van der Waals surface area (Å²) < 4.78 is 0. The molecule has 3 fully saturated rings. The number of hydrogen-bond donors (Lipinski definition) is 1. The van der Waals surface area contributed by atoms with Crippen molar-refractivity contribution >= 4 is 41.0 Å². The van der Waals surface area contributed by atoms with Crippen LogP contribution in [0, 0.1) is 0 Å². The van der Waals surface area contributed by atoms with Gasteiger partial charge in [0, 0.05) is 12.3 Å². The van der Waals surface area contributed by atoms with Gasteiger partial charge in [0.05, 0.1) is 22.8 Å². The number of carboxylic acid groups (broad SMARTS) is 1. The molecule has 3 amide bonds. The summed E-state index contributed by atoms with van der Waals surface area (Å²) in [6, 6.07) is 26.6. The molecule has 2 saturated heterocycles. The predicted octanol–water partition coefficient (Wildman–Crippen LogP) is 5.50. The third-order valence-corrected chi connectivity index (χ3v) is 9.69. The van der Waals surface area contributed by atoms with Gasteiger partial charge in [-0.25, -0.2) is 9.59 Å². The number of carbonyl (C=O) groups is 3. The van der Waals surface area contributed by atoms with Crippen LogP contribution in [0.4, 0.5) is 16.2 Å². The number of thioether (sulfide) groups is 1. The molecule has 6 rings (SSSR count). The SMILES string of the molecule is O=C(O)[C@@H]1[C@H]2SC[C@@H](CN1C(=O)N(c1ccccc1)c1ccccc1)N2C(=O)C1(c2ccccc2)CCCC1. The monoisotopic (exact) mass is 541 g/mol. The molecule has 0 aromatic heterocycles. The molecule has 3 aliphatic rings. The molecule has 3 aromatic carbocycles. The van der Waals surface area contributed by atoms with Crippen LogP contribution in [0.3, 0.4) is 0 Å². The fraction of sp³-hybridized carbons (Fsp3) is 0.323. The maximum atomic E-state index is 14.4. The van der Waals surface area contributed by atoms with Gasteiger partial charge in [-0.2, -0.15) is 0 Å². The van der Waals surface area contributed by atoms with E-state index in [0.29, 0.717) is 17.1 Å². The van der Waals surface area contributed by atoms with E-state index in [1.165, 1.54) is 16.7 Å². The smallest absolute Gasteiger partial charge is 0.330 e. The van der Waals surface area contributed by atoms with Crippen LogP contribution in [-0.2, 0) is 15.0 Å². The number of hydrogen-bond acceptors (Lipinski definition) is 4. The lowest BCUT2D eigenvalue weighted by molar-refractivity contribution is -0.151. The molecule has 1 N–H and O–H groups in total. The largest absolute Gasteiger partial charge is 0.480 e. The van der Waals surface area contributed by atoms with Gasteiger partial charge in [-0.05, 0) is 42.7 Å².